The number of hydrogen-bond acceptors (Lipinski definition) is 2. The van der Waals surface area contributed by atoms with Crippen LogP contribution in [-0.4, -0.2) is 26.0 Å². The average molecular weight is 237 g/mol. The van der Waals surface area contributed by atoms with E-state index in [2.05, 4.69) is 24.5 Å². The van der Waals surface area contributed by atoms with E-state index in [9.17, 15) is 4.79 Å². The van der Waals surface area contributed by atoms with Crippen molar-refractivity contribution in [2.45, 2.75) is 33.6 Å². The lowest BCUT2D eigenvalue weighted by molar-refractivity contribution is -0.124. The lowest BCUT2D eigenvalue weighted by Crippen LogP contribution is -2.36. The Morgan fingerprint density at radius 2 is 1.73 bits per heavy atom. The maximum absolute atomic E-state index is 11.5. The summed E-state index contributed by atoms with van der Waals surface area (Å²) in [4.78, 5) is 11.5. The summed E-state index contributed by atoms with van der Waals surface area (Å²) in [5.41, 5.74) is 0. The molecule has 0 aromatic rings. The predicted octanol–water partition coefficient (Wildman–Crippen LogP) is 1.82. The first-order chi connectivity index (χ1) is 6.65. The molecule has 1 atom stereocenters. The number of nitrogens with one attached hydrogen (secondary N) is 2. The number of carbonyl (C=O) groups excluding carboxylic acids is 1. The van der Waals surface area contributed by atoms with Gasteiger partial charge in [0.1, 0.15) is 0 Å². The molecule has 0 saturated carbocycles. The summed E-state index contributed by atoms with van der Waals surface area (Å²) < 4.78 is 0. The molecule has 1 unspecified atom stereocenters. The van der Waals surface area contributed by atoms with Gasteiger partial charge in [0.25, 0.3) is 0 Å². The molecule has 0 aromatic carbocycles. The van der Waals surface area contributed by atoms with Gasteiger partial charge in [0.05, 0.1) is 0 Å². The van der Waals surface area contributed by atoms with Gasteiger partial charge in [-0.15, -0.1) is 12.4 Å². The molecule has 0 radical (unpaired) electrons. The van der Waals surface area contributed by atoms with Gasteiger partial charge in [-0.1, -0.05) is 33.6 Å². The van der Waals surface area contributed by atoms with Gasteiger partial charge in [-0.05, 0) is 13.0 Å². The van der Waals surface area contributed by atoms with Crippen molar-refractivity contribution in [3.63, 3.8) is 0 Å². The highest BCUT2D eigenvalue weighted by Gasteiger charge is 2.12. The Bertz CT molecular complexity index is 161. The Morgan fingerprint density at radius 1 is 1.20 bits per heavy atom. The number of rotatable bonds is 7. The summed E-state index contributed by atoms with van der Waals surface area (Å²) in [6, 6.07) is 0. The van der Waals surface area contributed by atoms with Crippen molar-refractivity contribution in [3.05, 3.63) is 0 Å². The van der Waals surface area contributed by atoms with Crippen LogP contribution in [0.1, 0.15) is 33.6 Å². The zero-order chi connectivity index (χ0) is 11.0. The Morgan fingerprint density at radius 3 is 2.13 bits per heavy atom. The molecular weight excluding hydrogens is 212 g/mol. The lowest BCUT2D eigenvalue weighted by atomic mass is 10.0. The summed E-state index contributed by atoms with van der Waals surface area (Å²) in [6.07, 6.45) is 2.27. The average Bonchev–Trinajstić information content (AvgIpc) is 2.19. The van der Waals surface area contributed by atoms with Crippen molar-refractivity contribution >= 4 is 18.3 Å². The van der Waals surface area contributed by atoms with Gasteiger partial charge in [-0.25, -0.2) is 0 Å². The molecule has 0 heterocycles. The second-order valence-electron chi connectivity index (χ2n) is 3.89. The van der Waals surface area contributed by atoms with Crippen LogP contribution in [0.3, 0.4) is 0 Å². The van der Waals surface area contributed by atoms with Crippen LogP contribution in [0.5, 0.6) is 0 Å². The molecule has 0 saturated heterocycles. The zero-order valence-electron chi connectivity index (χ0n) is 10.3. The van der Waals surface area contributed by atoms with Crippen molar-refractivity contribution in [2.24, 2.45) is 11.8 Å². The van der Waals surface area contributed by atoms with Crippen LogP contribution in [-0.2, 0) is 4.79 Å². The van der Waals surface area contributed by atoms with Crippen LogP contribution in [0.15, 0.2) is 0 Å². The van der Waals surface area contributed by atoms with Crippen molar-refractivity contribution in [1.82, 2.24) is 10.6 Å². The number of carbonyl (C=O) groups is 1. The fraction of sp³-hybridized carbons (Fsp3) is 0.909. The molecule has 0 aliphatic rings. The van der Waals surface area contributed by atoms with Crippen molar-refractivity contribution < 1.29 is 4.79 Å². The highest BCUT2D eigenvalue weighted by Crippen LogP contribution is 2.05. The number of halogens is 1. The van der Waals surface area contributed by atoms with Crippen LogP contribution in [0.2, 0.25) is 0 Å². The zero-order valence-corrected chi connectivity index (χ0v) is 11.1. The van der Waals surface area contributed by atoms with Gasteiger partial charge in [0.15, 0.2) is 0 Å². The van der Waals surface area contributed by atoms with Gasteiger partial charge >= 0.3 is 0 Å². The normalized spacial score (nSPS) is 12.1. The molecule has 3 nitrogen and oxygen atoms in total. The number of hydrogen-bond donors (Lipinski definition) is 2. The molecule has 0 aliphatic carbocycles. The molecule has 4 heteroatoms. The van der Waals surface area contributed by atoms with E-state index >= 15 is 0 Å². The second-order valence-corrected chi connectivity index (χ2v) is 3.89. The van der Waals surface area contributed by atoms with E-state index in [1.165, 1.54) is 0 Å². The summed E-state index contributed by atoms with van der Waals surface area (Å²) >= 11 is 0. The molecule has 0 bridgehead atoms. The van der Waals surface area contributed by atoms with Gasteiger partial charge in [-0.3, -0.25) is 4.79 Å². The van der Waals surface area contributed by atoms with Crippen molar-refractivity contribution in [1.29, 1.82) is 0 Å². The SMILES string of the molecule is CCC(CC)CNC(=O)C(C)CNC.Cl. The molecule has 0 aliphatic heterocycles. The summed E-state index contributed by atoms with van der Waals surface area (Å²) in [6.45, 7) is 7.84. The third kappa shape index (κ3) is 7.63. The smallest absolute Gasteiger partial charge is 0.224 e. The van der Waals surface area contributed by atoms with Crippen LogP contribution < -0.4 is 10.6 Å². The van der Waals surface area contributed by atoms with E-state index in [-0.39, 0.29) is 24.2 Å². The summed E-state index contributed by atoms with van der Waals surface area (Å²) in [7, 11) is 1.87. The minimum atomic E-state index is 0. The van der Waals surface area contributed by atoms with Crippen LogP contribution in [0.25, 0.3) is 0 Å². The molecule has 0 rings (SSSR count). The maximum Gasteiger partial charge on any atom is 0.224 e. The summed E-state index contributed by atoms with van der Waals surface area (Å²) in [5, 5.41) is 5.99. The van der Waals surface area contributed by atoms with Crippen molar-refractivity contribution in [2.75, 3.05) is 20.1 Å². The predicted molar refractivity (Wildman–Crippen MR) is 67.4 cm³/mol. The van der Waals surface area contributed by atoms with Crippen LogP contribution >= 0.6 is 12.4 Å². The van der Waals surface area contributed by atoms with E-state index in [1.54, 1.807) is 0 Å². The lowest BCUT2D eigenvalue weighted by Gasteiger charge is -2.16. The maximum atomic E-state index is 11.5. The molecular formula is C11H25ClN2O. The van der Waals surface area contributed by atoms with Gasteiger partial charge in [0, 0.05) is 19.0 Å². The third-order valence-electron chi connectivity index (χ3n) is 2.68. The Balaban J connectivity index is 0. The highest BCUT2D eigenvalue weighted by molar-refractivity contribution is 5.85. The minimum Gasteiger partial charge on any atom is -0.356 e. The molecule has 0 spiro atoms. The molecule has 92 valence electrons. The van der Waals surface area contributed by atoms with Gasteiger partial charge < -0.3 is 10.6 Å². The van der Waals surface area contributed by atoms with Gasteiger partial charge in [0.2, 0.25) is 5.91 Å². The molecule has 0 fully saturated rings. The monoisotopic (exact) mass is 236 g/mol. The topological polar surface area (TPSA) is 41.1 Å². The first-order valence-corrected chi connectivity index (χ1v) is 5.57. The van der Waals surface area contributed by atoms with E-state index in [0.29, 0.717) is 5.92 Å². The van der Waals surface area contributed by atoms with Crippen LogP contribution in [0.4, 0.5) is 0 Å². The minimum absolute atomic E-state index is 0. The largest absolute Gasteiger partial charge is 0.356 e. The Hall–Kier alpha value is -0.280. The van der Waals surface area contributed by atoms with Crippen molar-refractivity contribution in [3.8, 4) is 0 Å². The van der Waals surface area contributed by atoms with E-state index < -0.39 is 0 Å². The van der Waals surface area contributed by atoms with Gasteiger partial charge in [-0.2, -0.15) is 0 Å². The summed E-state index contributed by atoms with van der Waals surface area (Å²) in [5.74, 6) is 0.848. The standard InChI is InChI=1S/C11H24N2O.ClH/c1-5-10(6-2)8-13-11(14)9(3)7-12-4;/h9-10,12H,5-8H2,1-4H3,(H,13,14);1H. The van der Waals surface area contributed by atoms with E-state index in [0.717, 1.165) is 25.9 Å². The van der Waals surface area contributed by atoms with E-state index in [1.807, 2.05) is 14.0 Å². The molecule has 15 heavy (non-hydrogen) atoms. The molecule has 0 aromatic heterocycles. The second kappa shape index (κ2) is 10.2. The van der Waals surface area contributed by atoms with E-state index in [4.69, 9.17) is 0 Å². The van der Waals surface area contributed by atoms with Crippen LogP contribution in [0, 0.1) is 11.8 Å². The molecule has 2 N–H and O–H groups in total. The third-order valence-corrected chi connectivity index (χ3v) is 2.68. The Labute approximate surface area is 99.8 Å². The molecule has 1 amide bonds. The first kappa shape index (κ1) is 17.1. The quantitative estimate of drug-likeness (QED) is 0.708. The Kier molecular flexibility index (Phi) is 11.7. The fourth-order valence-electron chi connectivity index (χ4n) is 1.40. The number of amides is 1. The fourth-order valence-corrected chi connectivity index (χ4v) is 1.40. The first-order valence-electron chi connectivity index (χ1n) is 5.57. The highest BCUT2D eigenvalue weighted by atomic mass is 35.5.